The number of hydrogen-bond acceptors (Lipinski definition) is 4. The molecule has 174 valence electrons. The van der Waals surface area contributed by atoms with Crippen molar-refractivity contribution < 1.29 is 4.74 Å². The van der Waals surface area contributed by atoms with Crippen LogP contribution in [0.5, 0.6) is 11.5 Å². The minimum Gasteiger partial charge on any atom is -0.457 e. The van der Waals surface area contributed by atoms with Gasteiger partial charge in [-0.3, -0.25) is 4.99 Å². The van der Waals surface area contributed by atoms with Crippen LogP contribution in [0.2, 0.25) is 0 Å². The monoisotopic (exact) mass is 461 g/mol. The van der Waals surface area contributed by atoms with Crippen LogP contribution >= 0.6 is 11.3 Å². The van der Waals surface area contributed by atoms with Crippen molar-refractivity contribution in [2.45, 2.75) is 76.8 Å². The molecule has 2 aromatic carbocycles. The van der Waals surface area contributed by atoms with E-state index in [1.807, 2.05) is 35.6 Å². The Balaban J connectivity index is 1.13. The van der Waals surface area contributed by atoms with Gasteiger partial charge in [-0.2, -0.15) is 0 Å². The zero-order chi connectivity index (χ0) is 22.5. The first-order valence-electron chi connectivity index (χ1n) is 12.6. The van der Waals surface area contributed by atoms with Gasteiger partial charge in [0, 0.05) is 29.3 Å². The SMILES string of the molecule is Cc1ccc(Oc2ccc(NCCCc3csc(=NC4CCCCC4)n3C3CC3)cc2)cc1. The summed E-state index contributed by atoms with van der Waals surface area (Å²) in [4.78, 5) is 6.45. The van der Waals surface area contributed by atoms with Gasteiger partial charge in [-0.05, 0) is 81.8 Å². The van der Waals surface area contributed by atoms with Crippen molar-refractivity contribution in [3.8, 4) is 11.5 Å². The third-order valence-electron chi connectivity index (χ3n) is 6.65. The van der Waals surface area contributed by atoms with E-state index in [1.54, 1.807) is 0 Å². The van der Waals surface area contributed by atoms with Gasteiger partial charge in [0.1, 0.15) is 11.5 Å². The molecular weight excluding hydrogens is 426 g/mol. The number of nitrogens with zero attached hydrogens (tertiary/aromatic N) is 2. The molecular formula is C28H35N3OS. The second-order valence-electron chi connectivity index (χ2n) is 9.50. The van der Waals surface area contributed by atoms with E-state index in [2.05, 4.69) is 46.5 Å². The highest BCUT2D eigenvalue weighted by Crippen LogP contribution is 2.35. The van der Waals surface area contributed by atoms with Crippen molar-refractivity contribution in [1.29, 1.82) is 0 Å². The van der Waals surface area contributed by atoms with Gasteiger partial charge in [-0.25, -0.2) is 0 Å². The molecule has 3 aromatic rings. The molecule has 1 N–H and O–H groups in total. The van der Waals surface area contributed by atoms with Gasteiger partial charge < -0.3 is 14.6 Å². The van der Waals surface area contributed by atoms with Crippen molar-refractivity contribution >= 4 is 17.0 Å². The molecule has 0 atom stereocenters. The molecule has 2 aliphatic rings. The average Bonchev–Trinajstić information content (AvgIpc) is 3.61. The fourth-order valence-corrected chi connectivity index (χ4v) is 5.67. The van der Waals surface area contributed by atoms with Crippen LogP contribution in [0.25, 0.3) is 0 Å². The van der Waals surface area contributed by atoms with Gasteiger partial charge >= 0.3 is 0 Å². The Morgan fingerprint density at radius 3 is 2.33 bits per heavy atom. The van der Waals surface area contributed by atoms with Crippen molar-refractivity contribution in [2.75, 3.05) is 11.9 Å². The number of rotatable bonds is 9. The van der Waals surface area contributed by atoms with Crippen molar-refractivity contribution in [3.63, 3.8) is 0 Å². The summed E-state index contributed by atoms with van der Waals surface area (Å²) in [5.41, 5.74) is 3.85. The van der Waals surface area contributed by atoms with Crippen molar-refractivity contribution in [2.24, 2.45) is 4.99 Å². The Bertz CT molecular complexity index is 1090. The zero-order valence-corrected chi connectivity index (χ0v) is 20.4. The number of aryl methyl sites for hydroxylation is 2. The summed E-state index contributed by atoms with van der Waals surface area (Å²) in [5, 5.41) is 5.92. The molecule has 4 nitrogen and oxygen atoms in total. The summed E-state index contributed by atoms with van der Waals surface area (Å²) < 4.78 is 8.50. The Labute approximate surface area is 201 Å². The lowest BCUT2D eigenvalue weighted by atomic mass is 9.96. The molecule has 0 bridgehead atoms. The molecule has 5 heteroatoms. The Morgan fingerprint density at radius 1 is 0.939 bits per heavy atom. The predicted octanol–water partition coefficient (Wildman–Crippen LogP) is 7.26. The number of hydrogen-bond donors (Lipinski definition) is 1. The number of ether oxygens (including phenoxy) is 1. The first-order valence-corrected chi connectivity index (χ1v) is 13.4. The Morgan fingerprint density at radius 2 is 1.64 bits per heavy atom. The fourth-order valence-electron chi connectivity index (χ4n) is 4.60. The molecule has 0 unspecified atom stereocenters. The quantitative estimate of drug-likeness (QED) is 0.340. The number of thiazole rings is 1. The van der Waals surface area contributed by atoms with Crippen LogP contribution in [-0.2, 0) is 6.42 Å². The first-order chi connectivity index (χ1) is 16.2. The number of aromatic nitrogens is 1. The largest absolute Gasteiger partial charge is 0.457 e. The van der Waals surface area contributed by atoms with Gasteiger partial charge in [0.2, 0.25) is 0 Å². The van der Waals surface area contributed by atoms with Crippen LogP contribution in [0.3, 0.4) is 0 Å². The maximum Gasteiger partial charge on any atom is 0.185 e. The maximum atomic E-state index is 5.93. The van der Waals surface area contributed by atoms with Gasteiger partial charge in [0.05, 0.1) is 6.04 Å². The third kappa shape index (κ3) is 6.08. The van der Waals surface area contributed by atoms with E-state index in [0.717, 1.165) is 36.6 Å². The summed E-state index contributed by atoms with van der Waals surface area (Å²) >= 11 is 1.86. The Hall–Kier alpha value is -2.53. The van der Waals surface area contributed by atoms with E-state index in [-0.39, 0.29) is 0 Å². The molecule has 0 amide bonds. The van der Waals surface area contributed by atoms with Gasteiger partial charge in [-0.15, -0.1) is 11.3 Å². The van der Waals surface area contributed by atoms with Crippen LogP contribution < -0.4 is 14.9 Å². The number of benzene rings is 2. The summed E-state index contributed by atoms with van der Waals surface area (Å²) in [7, 11) is 0. The molecule has 5 rings (SSSR count). The normalized spacial score (nSPS) is 17.3. The smallest absolute Gasteiger partial charge is 0.185 e. The molecule has 0 radical (unpaired) electrons. The highest BCUT2D eigenvalue weighted by atomic mass is 32.1. The fraction of sp³-hybridized carbons (Fsp3) is 0.464. The van der Waals surface area contributed by atoms with Crippen LogP contribution in [-0.4, -0.2) is 17.2 Å². The molecule has 33 heavy (non-hydrogen) atoms. The standard InChI is InChI=1S/C28H35N3OS/c1-21-9-15-26(16-10-21)32-27-17-11-22(12-18-27)29-19-5-8-25-20-33-28(31(25)24-13-14-24)30-23-6-3-2-4-7-23/h9-12,15-18,20,23-24,29H,2-8,13-14,19H2,1H3. The van der Waals surface area contributed by atoms with Crippen molar-refractivity contribution in [3.05, 3.63) is 70.0 Å². The van der Waals surface area contributed by atoms with Crippen LogP contribution in [0, 0.1) is 6.92 Å². The lowest BCUT2D eigenvalue weighted by Crippen LogP contribution is -2.21. The molecule has 2 aliphatic carbocycles. The molecule has 0 saturated heterocycles. The molecule has 1 aromatic heterocycles. The van der Waals surface area contributed by atoms with Gasteiger partial charge in [0.25, 0.3) is 0 Å². The topological polar surface area (TPSA) is 38.5 Å². The lowest BCUT2D eigenvalue weighted by Gasteiger charge is -2.17. The highest BCUT2D eigenvalue weighted by molar-refractivity contribution is 7.07. The van der Waals surface area contributed by atoms with E-state index in [9.17, 15) is 0 Å². The van der Waals surface area contributed by atoms with E-state index >= 15 is 0 Å². The maximum absolute atomic E-state index is 5.93. The van der Waals surface area contributed by atoms with Crippen molar-refractivity contribution in [1.82, 2.24) is 4.57 Å². The lowest BCUT2D eigenvalue weighted by molar-refractivity contribution is 0.433. The second kappa shape index (κ2) is 10.6. The Kier molecular flexibility index (Phi) is 7.15. The van der Waals surface area contributed by atoms with Crippen LogP contribution in [0.15, 0.2) is 58.9 Å². The minimum atomic E-state index is 0.551. The highest BCUT2D eigenvalue weighted by Gasteiger charge is 2.27. The summed E-state index contributed by atoms with van der Waals surface area (Å²) in [6, 6.07) is 17.7. The molecule has 0 aliphatic heterocycles. The van der Waals surface area contributed by atoms with Crippen LogP contribution in [0.4, 0.5) is 5.69 Å². The van der Waals surface area contributed by atoms with Gasteiger partial charge in [-0.1, -0.05) is 37.0 Å². The minimum absolute atomic E-state index is 0.551. The van der Waals surface area contributed by atoms with E-state index in [1.165, 1.54) is 61.0 Å². The number of anilines is 1. The molecule has 1 heterocycles. The second-order valence-corrected chi connectivity index (χ2v) is 10.3. The predicted molar refractivity (Wildman–Crippen MR) is 138 cm³/mol. The van der Waals surface area contributed by atoms with E-state index in [0.29, 0.717) is 12.1 Å². The molecule has 2 saturated carbocycles. The van der Waals surface area contributed by atoms with E-state index in [4.69, 9.17) is 9.73 Å². The summed E-state index contributed by atoms with van der Waals surface area (Å²) in [6.07, 6.45) is 11.5. The zero-order valence-electron chi connectivity index (χ0n) is 19.6. The molecule has 2 fully saturated rings. The average molecular weight is 462 g/mol. The first kappa shape index (κ1) is 22.3. The summed E-state index contributed by atoms with van der Waals surface area (Å²) in [6.45, 7) is 3.05. The molecule has 0 spiro atoms. The van der Waals surface area contributed by atoms with Crippen LogP contribution in [0.1, 0.15) is 68.7 Å². The third-order valence-corrected chi connectivity index (χ3v) is 7.55. The summed E-state index contributed by atoms with van der Waals surface area (Å²) in [5.74, 6) is 1.73. The van der Waals surface area contributed by atoms with Gasteiger partial charge in [0.15, 0.2) is 4.80 Å². The number of nitrogens with one attached hydrogen (secondary N) is 1. The van der Waals surface area contributed by atoms with E-state index < -0.39 is 0 Å².